The Kier molecular flexibility index (Phi) is 3.43. The highest BCUT2D eigenvalue weighted by molar-refractivity contribution is 7.99. The molecule has 0 aliphatic carbocycles. The lowest BCUT2D eigenvalue weighted by atomic mass is 10.1. The monoisotopic (exact) mass is 248 g/mol. The van der Waals surface area contributed by atoms with Gasteiger partial charge in [-0.2, -0.15) is 0 Å². The molecular weight excluding hydrogens is 232 g/mol. The molecule has 0 aliphatic heterocycles. The van der Waals surface area contributed by atoms with Gasteiger partial charge in [0.1, 0.15) is 5.76 Å². The molecular formula is C13H16N2OS. The third-order valence-corrected chi connectivity index (χ3v) is 3.69. The van der Waals surface area contributed by atoms with Gasteiger partial charge in [0.05, 0.1) is 5.69 Å². The molecule has 0 fully saturated rings. The second-order valence-electron chi connectivity index (χ2n) is 4.05. The van der Waals surface area contributed by atoms with Crippen molar-refractivity contribution in [1.82, 2.24) is 4.98 Å². The maximum atomic E-state index is 5.66. The molecule has 0 aliphatic rings. The smallest absolute Gasteiger partial charge is 0.256 e. The zero-order valence-electron chi connectivity index (χ0n) is 10.2. The number of rotatable bonds is 3. The van der Waals surface area contributed by atoms with Crippen LogP contribution >= 0.6 is 11.8 Å². The molecule has 0 bridgehead atoms. The molecule has 0 saturated heterocycles. The summed E-state index contributed by atoms with van der Waals surface area (Å²) in [5.41, 5.74) is 8.63. The van der Waals surface area contributed by atoms with Gasteiger partial charge < -0.3 is 10.2 Å². The van der Waals surface area contributed by atoms with E-state index in [4.69, 9.17) is 10.2 Å². The summed E-state index contributed by atoms with van der Waals surface area (Å²) in [5, 5.41) is 1.03. The van der Waals surface area contributed by atoms with Crippen molar-refractivity contribution in [3.63, 3.8) is 0 Å². The van der Waals surface area contributed by atoms with E-state index in [9.17, 15) is 0 Å². The van der Waals surface area contributed by atoms with Gasteiger partial charge >= 0.3 is 0 Å². The Morgan fingerprint density at radius 3 is 2.41 bits per heavy atom. The standard InChI is InChI=1S/C13H16N2OS/c1-8-9(2)16-13(15-8)17-10(3)11-4-6-12(14)7-5-11/h4-7,10H,14H2,1-3H3. The first-order valence-electron chi connectivity index (χ1n) is 5.52. The summed E-state index contributed by atoms with van der Waals surface area (Å²) < 4.78 is 5.56. The second-order valence-corrected chi connectivity index (χ2v) is 5.34. The Bertz CT molecular complexity index is 485. The Balaban J connectivity index is 2.11. The normalized spacial score (nSPS) is 12.6. The minimum atomic E-state index is 0.299. The topological polar surface area (TPSA) is 52.0 Å². The molecule has 0 amide bonds. The van der Waals surface area contributed by atoms with Gasteiger partial charge in [-0.25, -0.2) is 4.98 Å². The molecule has 1 heterocycles. The van der Waals surface area contributed by atoms with E-state index < -0.39 is 0 Å². The van der Waals surface area contributed by atoms with Crippen LogP contribution in [-0.2, 0) is 0 Å². The number of hydrogen-bond acceptors (Lipinski definition) is 4. The number of nitrogens with two attached hydrogens (primary N) is 1. The lowest BCUT2D eigenvalue weighted by Crippen LogP contribution is -1.90. The van der Waals surface area contributed by atoms with Crippen molar-refractivity contribution < 1.29 is 4.42 Å². The van der Waals surface area contributed by atoms with Gasteiger partial charge in [0.15, 0.2) is 0 Å². The number of aromatic nitrogens is 1. The number of benzene rings is 1. The fourth-order valence-electron chi connectivity index (χ4n) is 1.48. The average molecular weight is 248 g/mol. The molecule has 0 spiro atoms. The first-order valence-corrected chi connectivity index (χ1v) is 6.40. The van der Waals surface area contributed by atoms with E-state index in [0.29, 0.717) is 5.25 Å². The molecule has 1 unspecified atom stereocenters. The molecule has 3 nitrogen and oxygen atoms in total. The maximum absolute atomic E-state index is 5.66. The number of nitrogens with zero attached hydrogens (tertiary/aromatic N) is 1. The summed E-state index contributed by atoms with van der Waals surface area (Å²) in [4.78, 5) is 4.36. The molecule has 0 saturated carbocycles. The van der Waals surface area contributed by atoms with E-state index in [-0.39, 0.29) is 0 Å². The summed E-state index contributed by atoms with van der Waals surface area (Å²) >= 11 is 1.62. The average Bonchev–Trinajstić information content (AvgIpc) is 2.58. The number of anilines is 1. The number of hydrogen-bond donors (Lipinski definition) is 1. The minimum Gasteiger partial charge on any atom is -0.437 e. The first-order chi connectivity index (χ1) is 8.06. The van der Waals surface area contributed by atoms with Crippen molar-refractivity contribution in [1.29, 1.82) is 0 Å². The molecule has 1 atom stereocenters. The third kappa shape index (κ3) is 2.82. The molecule has 90 valence electrons. The molecule has 4 heteroatoms. The van der Waals surface area contributed by atoms with E-state index in [2.05, 4.69) is 11.9 Å². The lowest BCUT2D eigenvalue weighted by molar-refractivity contribution is 0.430. The van der Waals surface area contributed by atoms with Gasteiger partial charge in [-0.05, 0) is 38.5 Å². The van der Waals surface area contributed by atoms with Gasteiger partial charge in [0.2, 0.25) is 0 Å². The predicted molar refractivity (Wildman–Crippen MR) is 71.1 cm³/mol. The Morgan fingerprint density at radius 2 is 1.88 bits per heavy atom. The highest BCUT2D eigenvalue weighted by atomic mass is 32.2. The van der Waals surface area contributed by atoms with Crippen LogP contribution in [0, 0.1) is 13.8 Å². The fourth-order valence-corrected chi connectivity index (χ4v) is 2.44. The number of nitrogen functional groups attached to an aromatic ring is 1. The molecule has 2 N–H and O–H groups in total. The molecule has 2 aromatic rings. The SMILES string of the molecule is Cc1nc(SC(C)c2ccc(N)cc2)oc1C. The van der Waals surface area contributed by atoms with E-state index in [1.807, 2.05) is 38.1 Å². The summed E-state index contributed by atoms with van der Waals surface area (Å²) in [6.45, 7) is 6.02. The highest BCUT2D eigenvalue weighted by Gasteiger charge is 2.12. The zero-order chi connectivity index (χ0) is 12.4. The molecule has 0 radical (unpaired) electrons. The van der Waals surface area contributed by atoms with Gasteiger partial charge in [-0.1, -0.05) is 23.9 Å². The maximum Gasteiger partial charge on any atom is 0.256 e. The van der Waals surface area contributed by atoms with Crippen LogP contribution in [0.5, 0.6) is 0 Å². The van der Waals surface area contributed by atoms with Crippen molar-refractivity contribution >= 4 is 17.4 Å². The second kappa shape index (κ2) is 4.84. The van der Waals surface area contributed by atoms with E-state index >= 15 is 0 Å². The molecule has 1 aromatic heterocycles. The number of thioether (sulfide) groups is 1. The van der Waals surface area contributed by atoms with Crippen LogP contribution < -0.4 is 5.73 Å². The van der Waals surface area contributed by atoms with Crippen LogP contribution in [0.2, 0.25) is 0 Å². The lowest BCUT2D eigenvalue weighted by Gasteiger charge is -2.08. The first kappa shape index (κ1) is 12.0. The Labute approximate surface area is 105 Å². The van der Waals surface area contributed by atoms with Gasteiger partial charge in [-0.15, -0.1) is 0 Å². The van der Waals surface area contributed by atoms with Crippen LogP contribution in [0.4, 0.5) is 5.69 Å². The van der Waals surface area contributed by atoms with Gasteiger partial charge in [0, 0.05) is 10.9 Å². The van der Waals surface area contributed by atoms with Crippen molar-refractivity contribution in [3.8, 4) is 0 Å². The largest absolute Gasteiger partial charge is 0.437 e. The predicted octanol–water partition coefficient (Wildman–Crippen LogP) is 3.73. The van der Waals surface area contributed by atoms with E-state index in [0.717, 1.165) is 22.4 Å². The van der Waals surface area contributed by atoms with Crippen molar-refractivity contribution in [2.45, 2.75) is 31.2 Å². The van der Waals surface area contributed by atoms with Gasteiger partial charge in [0.25, 0.3) is 5.22 Å². The number of oxazole rings is 1. The fraction of sp³-hybridized carbons (Fsp3) is 0.308. The summed E-state index contributed by atoms with van der Waals surface area (Å²) in [7, 11) is 0. The van der Waals surface area contributed by atoms with E-state index in [1.54, 1.807) is 11.8 Å². The Morgan fingerprint density at radius 1 is 1.24 bits per heavy atom. The molecule has 17 heavy (non-hydrogen) atoms. The van der Waals surface area contributed by atoms with Crippen molar-refractivity contribution in [3.05, 3.63) is 41.3 Å². The third-order valence-electron chi connectivity index (χ3n) is 2.69. The van der Waals surface area contributed by atoms with Crippen LogP contribution in [0.25, 0.3) is 0 Å². The molecule has 1 aromatic carbocycles. The van der Waals surface area contributed by atoms with Crippen LogP contribution in [0.15, 0.2) is 33.9 Å². The van der Waals surface area contributed by atoms with Crippen LogP contribution in [-0.4, -0.2) is 4.98 Å². The molecule has 2 rings (SSSR count). The Hall–Kier alpha value is -1.42. The summed E-state index contributed by atoms with van der Waals surface area (Å²) in [6.07, 6.45) is 0. The van der Waals surface area contributed by atoms with E-state index in [1.165, 1.54) is 5.56 Å². The van der Waals surface area contributed by atoms with Gasteiger partial charge in [-0.3, -0.25) is 0 Å². The van der Waals surface area contributed by atoms with Crippen molar-refractivity contribution in [2.75, 3.05) is 5.73 Å². The van der Waals surface area contributed by atoms with Crippen molar-refractivity contribution in [2.24, 2.45) is 0 Å². The quantitative estimate of drug-likeness (QED) is 0.664. The van der Waals surface area contributed by atoms with Crippen LogP contribution in [0.1, 0.15) is 29.2 Å². The zero-order valence-corrected chi connectivity index (χ0v) is 11.0. The number of aryl methyl sites for hydroxylation is 2. The van der Waals surface area contributed by atoms with Crippen LogP contribution in [0.3, 0.4) is 0 Å². The minimum absolute atomic E-state index is 0.299. The summed E-state index contributed by atoms with van der Waals surface area (Å²) in [6, 6.07) is 7.90. The summed E-state index contributed by atoms with van der Waals surface area (Å²) in [5.74, 6) is 0.886. The highest BCUT2D eigenvalue weighted by Crippen LogP contribution is 2.35.